The van der Waals surface area contributed by atoms with Gasteiger partial charge >= 0.3 is 5.97 Å². The number of carboxylic acids is 1. The van der Waals surface area contributed by atoms with Crippen LogP contribution in [0.2, 0.25) is 0 Å². The number of carbonyl (C=O) groups is 1. The van der Waals surface area contributed by atoms with Gasteiger partial charge in [0.1, 0.15) is 18.1 Å². The summed E-state index contributed by atoms with van der Waals surface area (Å²) in [5.74, 6) is 0.427. The van der Waals surface area contributed by atoms with Crippen molar-refractivity contribution in [2.24, 2.45) is 0 Å². The van der Waals surface area contributed by atoms with Gasteiger partial charge in [-0.05, 0) is 30.7 Å². The zero-order valence-electron chi connectivity index (χ0n) is 13.7. The molecule has 0 spiro atoms. The Morgan fingerprint density at radius 2 is 1.88 bits per heavy atom. The van der Waals surface area contributed by atoms with Gasteiger partial charge in [0, 0.05) is 6.20 Å². The van der Waals surface area contributed by atoms with Gasteiger partial charge in [0.05, 0.1) is 30.1 Å². The van der Waals surface area contributed by atoms with Gasteiger partial charge in [-0.15, -0.1) is 0 Å². The predicted molar refractivity (Wildman–Crippen MR) is 92.1 cm³/mol. The molecule has 1 N–H and O–H groups in total. The molecule has 5 heteroatoms. The van der Waals surface area contributed by atoms with Crippen LogP contribution in [-0.4, -0.2) is 29.4 Å². The van der Waals surface area contributed by atoms with Gasteiger partial charge in [0.15, 0.2) is 0 Å². The molecule has 0 aliphatic rings. The number of methoxy groups -OCH3 is 1. The third-order valence-electron chi connectivity index (χ3n) is 4.00. The molecule has 2 aromatic carbocycles. The number of aryl methyl sites for hydroxylation is 1. The van der Waals surface area contributed by atoms with Gasteiger partial charge in [0.25, 0.3) is 0 Å². The molecule has 0 atom stereocenters. The molecule has 1 heterocycles. The molecule has 0 saturated heterocycles. The first kappa shape index (κ1) is 15.9. The van der Waals surface area contributed by atoms with Crippen LogP contribution in [0.1, 0.15) is 15.9 Å². The third-order valence-corrected chi connectivity index (χ3v) is 4.00. The molecule has 0 aliphatic heterocycles. The summed E-state index contributed by atoms with van der Waals surface area (Å²) in [4.78, 5) is 11.5. The monoisotopic (exact) mass is 325 g/mol. The van der Waals surface area contributed by atoms with Gasteiger partial charge < -0.3 is 19.1 Å². The van der Waals surface area contributed by atoms with Gasteiger partial charge in [0.2, 0.25) is 0 Å². The van der Waals surface area contributed by atoms with E-state index in [-0.39, 0.29) is 5.56 Å². The molecule has 5 nitrogen and oxygen atoms in total. The first-order valence-electron chi connectivity index (χ1n) is 7.69. The number of aromatic carboxylic acids is 1. The number of hydrogen-bond acceptors (Lipinski definition) is 3. The number of carboxylic acid groups (broad SMARTS) is 1. The van der Waals surface area contributed by atoms with E-state index in [1.807, 2.05) is 47.9 Å². The number of aromatic nitrogens is 1. The summed E-state index contributed by atoms with van der Waals surface area (Å²) in [6.07, 6.45) is 1.64. The number of ether oxygens (including phenoxy) is 2. The molecule has 0 fully saturated rings. The van der Waals surface area contributed by atoms with Crippen molar-refractivity contribution in [2.75, 3.05) is 13.7 Å². The number of hydrogen-bond donors (Lipinski definition) is 1. The smallest absolute Gasteiger partial charge is 0.338 e. The maximum Gasteiger partial charge on any atom is 0.338 e. The highest BCUT2D eigenvalue weighted by Crippen LogP contribution is 2.30. The van der Waals surface area contributed by atoms with E-state index in [1.54, 1.807) is 19.4 Å². The van der Waals surface area contributed by atoms with Crippen molar-refractivity contribution < 1.29 is 19.4 Å². The lowest BCUT2D eigenvalue weighted by molar-refractivity contribution is 0.0698. The van der Waals surface area contributed by atoms with E-state index in [0.29, 0.717) is 24.3 Å². The highest BCUT2D eigenvalue weighted by Gasteiger charge is 2.17. The van der Waals surface area contributed by atoms with E-state index in [4.69, 9.17) is 9.47 Å². The topological polar surface area (TPSA) is 60.7 Å². The summed E-state index contributed by atoms with van der Waals surface area (Å²) in [7, 11) is 1.54. The van der Waals surface area contributed by atoms with Crippen molar-refractivity contribution in [2.45, 2.75) is 13.5 Å². The van der Waals surface area contributed by atoms with Crippen molar-refractivity contribution in [3.05, 3.63) is 59.8 Å². The van der Waals surface area contributed by atoms with Crippen LogP contribution in [0.3, 0.4) is 0 Å². The average molecular weight is 325 g/mol. The molecule has 0 bridgehead atoms. The fraction of sp³-hybridized carbons (Fsp3) is 0.211. The van der Waals surface area contributed by atoms with Crippen molar-refractivity contribution in [3.63, 3.8) is 0 Å². The van der Waals surface area contributed by atoms with Crippen LogP contribution in [0.25, 0.3) is 10.9 Å². The van der Waals surface area contributed by atoms with Crippen molar-refractivity contribution >= 4 is 16.9 Å². The summed E-state index contributed by atoms with van der Waals surface area (Å²) >= 11 is 0. The quantitative estimate of drug-likeness (QED) is 0.750. The fourth-order valence-electron chi connectivity index (χ4n) is 2.81. The first-order chi connectivity index (χ1) is 11.6. The molecule has 0 unspecified atom stereocenters. The lowest BCUT2D eigenvalue weighted by atomic mass is 10.1. The fourth-order valence-corrected chi connectivity index (χ4v) is 2.81. The number of nitrogens with zero attached hydrogens (tertiary/aromatic N) is 1. The Morgan fingerprint density at radius 3 is 2.58 bits per heavy atom. The highest BCUT2D eigenvalue weighted by molar-refractivity contribution is 6.06. The summed E-state index contributed by atoms with van der Waals surface area (Å²) < 4.78 is 13.0. The third kappa shape index (κ3) is 2.93. The minimum atomic E-state index is -0.969. The lowest BCUT2D eigenvalue weighted by Crippen LogP contribution is -2.08. The number of rotatable bonds is 6. The zero-order valence-corrected chi connectivity index (χ0v) is 13.7. The molecule has 0 saturated carbocycles. The second-order valence-electron chi connectivity index (χ2n) is 5.51. The standard InChI is InChI=1S/C19H19NO4/c1-13-6-3-4-8-16(13)24-11-10-20-12-14(19(21)22)18-15(20)7-5-9-17(18)23-2/h3-9,12H,10-11H2,1-2H3,(H,21,22). The molecule has 3 aromatic rings. The minimum Gasteiger partial charge on any atom is -0.496 e. The summed E-state index contributed by atoms with van der Waals surface area (Å²) in [5, 5.41) is 10.1. The van der Waals surface area contributed by atoms with E-state index in [9.17, 15) is 9.90 Å². The van der Waals surface area contributed by atoms with E-state index in [1.165, 1.54) is 0 Å². The van der Waals surface area contributed by atoms with Crippen LogP contribution in [0.4, 0.5) is 0 Å². The van der Waals surface area contributed by atoms with Crippen LogP contribution < -0.4 is 9.47 Å². The second kappa shape index (κ2) is 6.66. The number of benzene rings is 2. The van der Waals surface area contributed by atoms with Crippen LogP contribution in [-0.2, 0) is 6.54 Å². The normalized spacial score (nSPS) is 10.8. The largest absolute Gasteiger partial charge is 0.496 e. The van der Waals surface area contributed by atoms with Crippen molar-refractivity contribution in [1.82, 2.24) is 4.57 Å². The van der Waals surface area contributed by atoms with Gasteiger partial charge in [-0.3, -0.25) is 0 Å². The second-order valence-corrected chi connectivity index (χ2v) is 5.51. The molecule has 3 rings (SSSR count). The number of para-hydroxylation sites is 1. The number of fused-ring (bicyclic) bond motifs is 1. The molecule has 0 radical (unpaired) electrons. The molecule has 1 aromatic heterocycles. The molecule has 0 amide bonds. The summed E-state index contributed by atoms with van der Waals surface area (Å²) in [5.41, 5.74) is 2.13. The van der Waals surface area contributed by atoms with E-state index >= 15 is 0 Å². The Morgan fingerprint density at radius 1 is 1.12 bits per heavy atom. The highest BCUT2D eigenvalue weighted by atomic mass is 16.5. The maximum absolute atomic E-state index is 11.5. The van der Waals surface area contributed by atoms with Crippen LogP contribution in [0.15, 0.2) is 48.7 Å². The first-order valence-corrected chi connectivity index (χ1v) is 7.69. The maximum atomic E-state index is 11.5. The van der Waals surface area contributed by atoms with Crippen LogP contribution >= 0.6 is 0 Å². The summed E-state index contributed by atoms with van der Waals surface area (Å²) in [6.45, 7) is 2.99. The average Bonchev–Trinajstić information content (AvgIpc) is 2.96. The summed E-state index contributed by atoms with van der Waals surface area (Å²) in [6, 6.07) is 13.3. The van der Waals surface area contributed by atoms with E-state index in [0.717, 1.165) is 16.8 Å². The van der Waals surface area contributed by atoms with E-state index < -0.39 is 5.97 Å². The van der Waals surface area contributed by atoms with Crippen molar-refractivity contribution in [1.29, 1.82) is 0 Å². The lowest BCUT2D eigenvalue weighted by Gasteiger charge is -2.10. The Hall–Kier alpha value is -2.95. The Balaban J connectivity index is 1.87. The van der Waals surface area contributed by atoms with Crippen LogP contribution in [0.5, 0.6) is 11.5 Å². The SMILES string of the molecule is COc1cccc2c1c(C(=O)O)cn2CCOc1ccccc1C. The zero-order chi connectivity index (χ0) is 17.1. The Labute approximate surface area is 140 Å². The van der Waals surface area contributed by atoms with Crippen molar-refractivity contribution in [3.8, 4) is 11.5 Å². The molecular formula is C19H19NO4. The van der Waals surface area contributed by atoms with Gasteiger partial charge in [-0.1, -0.05) is 24.3 Å². The molecule has 0 aliphatic carbocycles. The van der Waals surface area contributed by atoms with Gasteiger partial charge in [-0.25, -0.2) is 4.79 Å². The Bertz CT molecular complexity index is 882. The molecule has 124 valence electrons. The van der Waals surface area contributed by atoms with E-state index in [2.05, 4.69) is 0 Å². The molecule has 24 heavy (non-hydrogen) atoms. The molecular weight excluding hydrogens is 306 g/mol. The van der Waals surface area contributed by atoms with Gasteiger partial charge in [-0.2, -0.15) is 0 Å². The Kier molecular flexibility index (Phi) is 4.42. The predicted octanol–water partition coefficient (Wildman–Crippen LogP) is 3.74. The van der Waals surface area contributed by atoms with Crippen LogP contribution in [0, 0.1) is 6.92 Å². The minimum absolute atomic E-state index is 0.235.